The van der Waals surface area contributed by atoms with E-state index in [4.69, 9.17) is 5.11 Å². The Morgan fingerprint density at radius 1 is 1.38 bits per heavy atom. The lowest BCUT2D eigenvalue weighted by Crippen LogP contribution is -2.43. The Kier molecular flexibility index (Phi) is 6.21. The summed E-state index contributed by atoms with van der Waals surface area (Å²) in [5, 5.41) is 9.05. The zero-order valence-electron chi connectivity index (χ0n) is 12.9. The fourth-order valence-corrected chi connectivity index (χ4v) is 2.97. The van der Waals surface area contributed by atoms with Crippen LogP contribution in [0.25, 0.3) is 0 Å². The highest BCUT2D eigenvalue weighted by molar-refractivity contribution is 5.78. The lowest BCUT2D eigenvalue weighted by atomic mass is 9.95. The quantitative estimate of drug-likeness (QED) is 0.868. The fraction of sp³-hybridized carbons (Fsp3) is 0.588. The van der Waals surface area contributed by atoms with E-state index in [0.717, 1.165) is 31.5 Å². The topological polar surface area (TPSA) is 43.8 Å². The molecule has 1 saturated heterocycles. The molecule has 2 rings (SSSR count). The van der Waals surface area contributed by atoms with Crippen molar-refractivity contribution < 1.29 is 9.90 Å². The first-order valence-corrected chi connectivity index (χ1v) is 7.80. The van der Waals surface area contributed by atoms with Gasteiger partial charge in [0.2, 0.25) is 5.91 Å². The SMILES string of the molecule is CN(Cc1ccccc1)C(=O)CN1CCCC(CCO)C1. The molecule has 1 aliphatic rings. The van der Waals surface area contributed by atoms with Crippen molar-refractivity contribution in [2.24, 2.45) is 5.92 Å². The molecular formula is C17H26N2O2. The summed E-state index contributed by atoms with van der Waals surface area (Å²) in [6, 6.07) is 10.1. The summed E-state index contributed by atoms with van der Waals surface area (Å²) in [6.07, 6.45) is 3.15. The molecule has 0 bridgehead atoms. The molecule has 1 N–H and O–H groups in total. The van der Waals surface area contributed by atoms with Crippen LogP contribution >= 0.6 is 0 Å². The van der Waals surface area contributed by atoms with Gasteiger partial charge in [0.05, 0.1) is 6.54 Å². The number of amides is 1. The van der Waals surface area contributed by atoms with Gasteiger partial charge in [0.25, 0.3) is 0 Å². The summed E-state index contributed by atoms with van der Waals surface area (Å²) < 4.78 is 0. The van der Waals surface area contributed by atoms with E-state index in [0.29, 0.717) is 19.0 Å². The van der Waals surface area contributed by atoms with Crippen LogP contribution in [0.15, 0.2) is 30.3 Å². The summed E-state index contributed by atoms with van der Waals surface area (Å²) in [5.41, 5.74) is 1.16. The Bertz CT molecular complexity index is 434. The second-order valence-electron chi connectivity index (χ2n) is 5.99. The zero-order valence-corrected chi connectivity index (χ0v) is 12.9. The van der Waals surface area contributed by atoms with E-state index in [-0.39, 0.29) is 12.5 Å². The molecule has 1 aromatic carbocycles. The number of piperidine rings is 1. The van der Waals surface area contributed by atoms with Crippen molar-refractivity contribution >= 4 is 5.91 Å². The van der Waals surface area contributed by atoms with E-state index in [2.05, 4.69) is 4.90 Å². The van der Waals surface area contributed by atoms with Gasteiger partial charge >= 0.3 is 0 Å². The third-order valence-corrected chi connectivity index (χ3v) is 4.19. The largest absolute Gasteiger partial charge is 0.396 e. The molecule has 0 aliphatic carbocycles. The molecule has 0 saturated carbocycles. The molecule has 1 aliphatic heterocycles. The van der Waals surface area contributed by atoms with E-state index >= 15 is 0 Å². The Morgan fingerprint density at radius 2 is 2.14 bits per heavy atom. The number of nitrogens with zero attached hydrogens (tertiary/aromatic N) is 2. The maximum absolute atomic E-state index is 12.3. The van der Waals surface area contributed by atoms with Crippen molar-refractivity contribution in [1.29, 1.82) is 0 Å². The molecule has 1 aromatic rings. The molecule has 1 amide bonds. The number of rotatable bonds is 6. The van der Waals surface area contributed by atoms with Crippen LogP contribution < -0.4 is 0 Å². The number of aliphatic hydroxyl groups is 1. The fourth-order valence-electron chi connectivity index (χ4n) is 2.97. The maximum Gasteiger partial charge on any atom is 0.236 e. The van der Waals surface area contributed by atoms with Crippen molar-refractivity contribution in [2.45, 2.75) is 25.8 Å². The van der Waals surface area contributed by atoms with E-state index in [1.54, 1.807) is 4.90 Å². The molecular weight excluding hydrogens is 264 g/mol. The molecule has 1 heterocycles. The van der Waals surface area contributed by atoms with Gasteiger partial charge in [0, 0.05) is 26.7 Å². The van der Waals surface area contributed by atoms with Gasteiger partial charge in [-0.2, -0.15) is 0 Å². The van der Waals surface area contributed by atoms with E-state index in [9.17, 15) is 4.79 Å². The van der Waals surface area contributed by atoms with E-state index in [1.807, 2.05) is 37.4 Å². The molecule has 4 nitrogen and oxygen atoms in total. The first kappa shape index (κ1) is 16.0. The van der Waals surface area contributed by atoms with Crippen LogP contribution in [0.5, 0.6) is 0 Å². The highest BCUT2D eigenvalue weighted by Crippen LogP contribution is 2.19. The van der Waals surface area contributed by atoms with Gasteiger partial charge in [-0.15, -0.1) is 0 Å². The van der Waals surface area contributed by atoms with Crippen molar-refractivity contribution in [1.82, 2.24) is 9.80 Å². The minimum Gasteiger partial charge on any atom is -0.396 e. The standard InChI is InChI=1S/C17H26N2O2/c1-18(12-15-6-3-2-4-7-15)17(21)14-19-10-5-8-16(13-19)9-11-20/h2-4,6-7,16,20H,5,8-14H2,1H3. The van der Waals surface area contributed by atoms with Crippen molar-refractivity contribution in [3.63, 3.8) is 0 Å². The van der Waals surface area contributed by atoms with Crippen molar-refractivity contribution in [2.75, 3.05) is 33.3 Å². The molecule has 4 heteroatoms. The molecule has 0 radical (unpaired) electrons. The van der Waals surface area contributed by atoms with E-state index in [1.165, 1.54) is 6.42 Å². The Labute approximate surface area is 127 Å². The predicted octanol–water partition coefficient (Wildman–Crippen LogP) is 1.74. The van der Waals surface area contributed by atoms with Crippen LogP contribution in [0.1, 0.15) is 24.8 Å². The number of carbonyl (C=O) groups is 1. The lowest BCUT2D eigenvalue weighted by molar-refractivity contribution is -0.132. The Morgan fingerprint density at radius 3 is 2.86 bits per heavy atom. The number of benzene rings is 1. The molecule has 1 fully saturated rings. The molecule has 0 spiro atoms. The average Bonchev–Trinajstić information content (AvgIpc) is 2.49. The highest BCUT2D eigenvalue weighted by Gasteiger charge is 2.22. The van der Waals surface area contributed by atoms with Crippen molar-refractivity contribution in [3.05, 3.63) is 35.9 Å². The summed E-state index contributed by atoms with van der Waals surface area (Å²) in [6.45, 7) is 3.33. The summed E-state index contributed by atoms with van der Waals surface area (Å²) in [7, 11) is 1.87. The zero-order chi connectivity index (χ0) is 15.1. The lowest BCUT2D eigenvalue weighted by Gasteiger charge is -2.33. The van der Waals surface area contributed by atoms with Gasteiger partial charge in [-0.3, -0.25) is 9.69 Å². The minimum atomic E-state index is 0.170. The summed E-state index contributed by atoms with van der Waals surface area (Å²) >= 11 is 0. The first-order valence-electron chi connectivity index (χ1n) is 7.80. The second-order valence-corrected chi connectivity index (χ2v) is 5.99. The van der Waals surface area contributed by atoms with Crippen molar-refractivity contribution in [3.8, 4) is 0 Å². The minimum absolute atomic E-state index is 0.170. The summed E-state index contributed by atoms with van der Waals surface area (Å²) in [4.78, 5) is 16.3. The molecule has 21 heavy (non-hydrogen) atoms. The van der Waals surface area contributed by atoms with Crippen LogP contribution in [0, 0.1) is 5.92 Å². The Hall–Kier alpha value is -1.39. The highest BCUT2D eigenvalue weighted by atomic mass is 16.3. The number of hydrogen-bond donors (Lipinski definition) is 1. The first-order chi connectivity index (χ1) is 10.2. The van der Waals surface area contributed by atoms with Crippen LogP contribution in [0.3, 0.4) is 0 Å². The number of aliphatic hydroxyl groups excluding tert-OH is 1. The number of likely N-dealkylation sites (N-methyl/N-ethyl adjacent to an activating group) is 1. The van der Waals surface area contributed by atoms with Crippen LogP contribution in [0.4, 0.5) is 0 Å². The van der Waals surface area contributed by atoms with Crippen LogP contribution in [-0.4, -0.2) is 54.1 Å². The monoisotopic (exact) mass is 290 g/mol. The van der Waals surface area contributed by atoms with E-state index < -0.39 is 0 Å². The second kappa shape index (κ2) is 8.15. The van der Waals surface area contributed by atoms with Gasteiger partial charge < -0.3 is 10.0 Å². The number of likely N-dealkylation sites (tertiary alicyclic amines) is 1. The molecule has 0 aromatic heterocycles. The predicted molar refractivity (Wildman–Crippen MR) is 83.8 cm³/mol. The molecule has 1 unspecified atom stereocenters. The number of carbonyl (C=O) groups excluding carboxylic acids is 1. The normalized spacial score (nSPS) is 19.4. The number of hydrogen-bond acceptors (Lipinski definition) is 3. The van der Waals surface area contributed by atoms with Gasteiger partial charge in [0.15, 0.2) is 0 Å². The average molecular weight is 290 g/mol. The Balaban J connectivity index is 1.80. The summed E-state index contributed by atoms with van der Waals surface area (Å²) in [5.74, 6) is 0.708. The van der Waals surface area contributed by atoms with Gasteiger partial charge in [-0.05, 0) is 37.3 Å². The van der Waals surface area contributed by atoms with Crippen LogP contribution in [-0.2, 0) is 11.3 Å². The maximum atomic E-state index is 12.3. The third kappa shape index (κ3) is 5.14. The van der Waals surface area contributed by atoms with Crippen LogP contribution in [0.2, 0.25) is 0 Å². The third-order valence-electron chi connectivity index (χ3n) is 4.19. The van der Waals surface area contributed by atoms with Gasteiger partial charge in [-0.1, -0.05) is 30.3 Å². The van der Waals surface area contributed by atoms with Gasteiger partial charge in [0.1, 0.15) is 0 Å². The molecule has 116 valence electrons. The molecule has 1 atom stereocenters. The van der Waals surface area contributed by atoms with Gasteiger partial charge in [-0.25, -0.2) is 0 Å². The smallest absolute Gasteiger partial charge is 0.236 e.